The van der Waals surface area contributed by atoms with Crippen LogP contribution in [-0.4, -0.2) is 30.5 Å². The maximum atomic E-state index is 12.5. The van der Waals surface area contributed by atoms with Crippen LogP contribution in [-0.2, 0) is 0 Å². The van der Waals surface area contributed by atoms with Crippen molar-refractivity contribution in [1.82, 2.24) is 0 Å². The van der Waals surface area contributed by atoms with Crippen LogP contribution in [0.15, 0.2) is 71.7 Å². The fourth-order valence-corrected chi connectivity index (χ4v) is 3.43. The number of benzene rings is 3. The van der Waals surface area contributed by atoms with Crippen LogP contribution in [0.5, 0.6) is 23.0 Å². The Hall–Kier alpha value is -3.80. The van der Waals surface area contributed by atoms with Crippen LogP contribution in [0.2, 0.25) is 0 Å². The third-order valence-corrected chi connectivity index (χ3v) is 5.33. The molecule has 3 aromatic carbocycles. The quantitative estimate of drug-likeness (QED) is 0.123. The van der Waals surface area contributed by atoms with Crippen LogP contribution in [0, 0.1) is 0 Å². The fourth-order valence-electron chi connectivity index (χ4n) is 3.43. The Balaban J connectivity index is 1.55. The van der Waals surface area contributed by atoms with Gasteiger partial charge in [-0.3, -0.25) is 4.99 Å². The Kier molecular flexibility index (Phi) is 10.2. The number of unbranched alkanes of at least 4 members (excludes halogenated alkanes) is 4. The molecule has 6 heteroatoms. The topological polar surface area (TPSA) is 77.4 Å². The molecule has 0 atom stereocenters. The summed E-state index contributed by atoms with van der Waals surface area (Å²) in [6.07, 6.45) is 7.44. The number of para-hydroxylation sites is 2. The smallest absolute Gasteiger partial charge is 0.343 e. The molecule has 0 spiro atoms. The molecule has 184 valence electrons. The van der Waals surface area contributed by atoms with Crippen LogP contribution in [0.3, 0.4) is 0 Å². The molecule has 0 fully saturated rings. The molecular formula is C29H33NO5. The molecule has 3 rings (SSSR count). The molecule has 0 saturated carbocycles. The van der Waals surface area contributed by atoms with Gasteiger partial charge in [-0.2, -0.15) is 0 Å². The van der Waals surface area contributed by atoms with Gasteiger partial charge in [0.1, 0.15) is 28.7 Å². The standard InChI is InChI=1S/C29H33NO5/c1-3-5-6-7-10-19-34-24-16-13-22(14-17-24)29(32)35-25-18-15-23(27(31)20-25)21-30-26-11-8-9-12-28(26)33-4-2/h8-9,11-18,20-21,31H,3-7,10,19H2,1-2H3. The largest absolute Gasteiger partial charge is 0.507 e. The number of ether oxygens (including phenoxy) is 3. The first kappa shape index (κ1) is 25.8. The SMILES string of the molecule is CCCCCCCOc1ccc(C(=O)Oc2ccc(C=Nc3ccccc3OCC)c(O)c2)cc1. The Morgan fingerprint density at radius 2 is 1.63 bits per heavy atom. The summed E-state index contributed by atoms with van der Waals surface area (Å²) >= 11 is 0. The molecule has 1 N–H and O–H groups in total. The van der Waals surface area contributed by atoms with Gasteiger partial charge in [-0.05, 0) is 61.9 Å². The molecule has 0 aliphatic heterocycles. The van der Waals surface area contributed by atoms with Gasteiger partial charge in [-0.1, -0.05) is 44.7 Å². The number of phenols is 1. The van der Waals surface area contributed by atoms with E-state index in [-0.39, 0.29) is 11.5 Å². The number of nitrogens with zero attached hydrogens (tertiary/aromatic N) is 1. The monoisotopic (exact) mass is 475 g/mol. The van der Waals surface area contributed by atoms with Crippen LogP contribution in [0.4, 0.5) is 5.69 Å². The van der Waals surface area contributed by atoms with Gasteiger partial charge in [0.25, 0.3) is 0 Å². The summed E-state index contributed by atoms with van der Waals surface area (Å²) in [4.78, 5) is 16.9. The normalized spacial score (nSPS) is 10.9. The molecule has 0 saturated heterocycles. The molecule has 0 aliphatic rings. The average molecular weight is 476 g/mol. The van der Waals surface area contributed by atoms with E-state index < -0.39 is 5.97 Å². The minimum atomic E-state index is -0.512. The second-order valence-electron chi connectivity index (χ2n) is 8.06. The molecule has 0 unspecified atom stereocenters. The highest BCUT2D eigenvalue weighted by atomic mass is 16.5. The second kappa shape index (κ2) is 13.8. The third kappa shape index (κ3) is 8.18. The van der Waals surface area contributed by atoms with Gasteiger partial charge in [-0.25, -0.2) is 4.79 Å². The van der Waals surface area contributed by atoms with Gasteiger partial charge in [0.05, 0.1) is 18.8 Å². The lowest BCUT2D eigenvalue weighted by molar-refractivity contribution is 0.0734. The highest BCUT2D eigenvalue weighted by molar-refractivity contribution is 5.91. The molecule has 0 aromatic heterocycles. The fraction of sp³-hybridized carbons (Fsp3) is 0.310. The number of phenolic OH excluding ortho intramolecular Hbond substituents is 1. The van der Waals surface area contributed by atoms with Gasteiger partial charge in [-0.15, -0.1) is 0 Å². The first-order valence-corrected chi connectivity index (χ1v) is 12.1. The van der Waals surface area contributed by atoms with Gasteiger partial charge >= 0.3 is 5.97 Å². The van der Waals surface area contributed by atoms with Crippen molar-refractivity contribution in [2.45, 2.75) is 46.0 Å². The maximum absolute atomic E-state index is 12.5. The summed E-state index contributed by atoms with van der Waals surface area (Å²) in [6, 6.07) is 18.9. The predicted octanol–water partition coefficient (Wildman–Crippen LogP) is 7.11. The van der Waals surface area contributed by atoms with Crippen molar-refractivity contribution >= 4 is 17.9 Å². The average Bonchev–Trinajstić information content (AvgIpc) is 2.87. The molecular weight excluding hydrogens is 442 g/mol. The number of hydrogen-bond donors (Lipinski definition) is 1. The summed E-state index contributed by atoms with van der Waals surface area (Å²) in [6.45, 7) is 5.30. The summed E-state index contributed by atoms with van der Waals surface area (Å²) in [7, 11) is 0. The lowest BCUT2D eigenvalue weighted by Crippen LogP contribution is -2.08. The van der Waals surface area contributed by atoms with Crippen LogP contribution >= 0.6 is 0 Å². The predicted molar refractivity (Wildman–Crippen MR) is 139 cm³/mol. The number of esters is 1. The van der Waals surface area contributed by atoms with Crippen molar-refractivity contribution in [1.29, 1.82) is 0 Å². The van der Waals surface area contributed by atoms with Crippen molar-refractivity contribution in [2.75, 3.05) is 13.2 Å². The molecule has 35 heavy (non-hydrogen) atoms. The van der Waals surface area contributed by atoms with E-state index in [1.54, 1.807) is 42.6 Å². The number of hydrogen-bond acceptors (Lipinski definition) is 6. The van der Waals surface area contributed by atoms with E-state index >= 15 is 0 Å². The Bertz CT molecular complexity index is 1110. The zero-order chi connectivity index (χ0) is 24.9. The Labute approximate surface area is 207 Å². The van der Waals surface area contributed by atoms with Crippen molar-refractivity contribution in [2.24, 2.45) is 4.99 Å². The van der Waals surface area contributed by atoms with Gasteiger partial charge in [0.15, 0.2) is 0 Å². The first-order chi connectivity index (χ1) is 17.1. The molecule has 0 amide bonds. The number of aromatic hydroxyl groups is 1. The van der Waals surface area contributed by atoms with Crippen molar-refractivity contribution in [3.8, 4) is 23.0 Å². The summed E-state index contributed by atoms with van der Waals surface area (Å²) in [5.74, 6) is 1.08. The van der Waals surface area contributed by atoms with Crippen LogP contribution in [0.1, 0.15) is 61.9 Å². The molecule has 0 bridgehead atoms. The molecule has 0 aliphatic carbocycles. The van der Waals surface area contributed by atoms with Gasteiger partial charge < -0.3 is 19.3 Å². The lowest BCUT2D eigenvalue weighted by Gasteiger charge is -2.09. The minimum Gasteiger partial charge on any atom is -0.507 e. The van der Waals surface area contributed by atoms with E-state index in [9.17, 15) is 9.90 Å². The van der Waals surface area contributed by atoms with E-state index in [1.165, 1.54) is 25.3 Å². The zero-order valence-electron chi connectivity index (χ0n) is 20.4. The first-order valence-electron chi connectivity index (χ1n) is 12.1. The number of rotatable bonds is 13. The van der Waals surface area contributed by atoms with E-state index in [0.29, 0.717) is 35.8 Å². The summed E-state index contributed by atoms with van der Waals surface area (Å²) in [5, 5.41) is 10.4. The second-order valence-corrected chi connectivity index (χ2v) is 8.06. The van der Waals surface area contributed by atoms with E-state index in [4.69, 9.17) is 14.2 Å². The zero-order valence-corrected chi connectivity index (χ0v) is 20.4. The molecule has 6 nitrogen and oxygen atoms in total. The van der Waals surface area contributed by atoms with Gasteiger partial charge in [0, 0.05) is 17.8 Å². The number of aliphatic imine (C=N–C) groups is 1. The summed E-state index contributed by atoms with van der Waals surface area (Å²) < 4.78 is 16.7. The highest BCUT2D eigenvalue weighted by Gasteiger charge is 2.11. The van der Waals surface area contributed by atoms with Crippen molar-refractivity contribution < 1.29 is 24.1 Å². The minimum absolute atomic E-state index is 0.0457. The van der Waals surface area contributed by atoms with E-state index in [2.05, 4.69) is 11.9 Å². The van der Waals surface area contributed by atoms with Crippen molar-refractivity contribution in [3.63, 3.8) is 0 Å². The molecule has 3 aromatic rings. The van der Waals surface area contributed by atoms with Crippen LogP contribution < -0.4 is 14.2 Å². The Morgan fingerprint density at radius 1 is 0.886 bits per heavy atom. The van der Waals surface area contributed by atoms with Crippen LogP contribution in [0.25, 0.3) is 0 Å². The third-order valence-electron chi connectivity index (χ3n) is 5.33. The summed E-state index contributed by atoms with van der Waals surface area (Å²) in [5.41, 5.74) is 1.55. The van der Waals surface area contributed by atoms with E-state index in [1.807, 2.05) is 31.2 Å². The molecule has 0 radical (unpaired) electrons. The highest BCUT2D eigenvalue weighted by Crippen LogP contribution is 2.28. The maximum Gasteiger partial charge on any atom is 0.343 e. The van der Waals surface area contributed by atoms with Gasteiger partial charge in [0.2, 0.25) is 0 Å². The van der Waals surface area contributed by atoms with Crippen molar-refractivity contribution in [3.05, 3.63) is 77.9 Å². The number of carbonyl (C=O) groups is 1. The Morgan fingerprint density at radius 3 is 2.37 bits per heavy atom. The number of carbonyl (C=O) groups excluding carboxylic acids is 1. The lowest BCUT2D eigenvalue weighted by atomic mass is 10.2. The molecule has 0 heterocycles. The van der Waals surface area contributed by atoms with E-state index in [0.717, 1.165) is 18.6 Å².